The van der Waals surface area contributed by atoms with Gasteiger partial charge in [-0.3, -0.25) is 10.1 Å². The summed E-state index contributed by atoms with van der Waals surface area (Å²) in [6, 6.07) is 13.0. The average Bonchev–Trinajstić information content (AvgIpc) is 2.87. The molecule has 0 saturated carbocycles. The Morgan fingerprint density at radius 2 is 2.14 bits per heavy atom. The maximum Gasteiger partial charge on any atom is 0.271 e. The van der Waals surface area contributed by atoms with E-state index in [1.54, 1.807) is 17.8 Å². The van der Waals surface area contributed by atoms with E-state index in [0.717, 1.165) is 16.4 Å². The predicted molar refractivity (Wildman–Crippen MR) is 83.5 cm³/mol. The van der Waals surface area contributed by atoms with Gasteiger partial charge in [0, 0.05) is 17.9 Å². The third-order valence-electron chi connectivity index (χ3n) is 3.11. The molecule has 0 aliphatic heterocycles. The molecule has 0 fully saturated rings. The maximum atomic E-state index is 10.8. The first-order chi connectivity index (χ1) is 10.1. The van der Waals surface area contributed by atoms with Crippen molar-refractivity contribution in [2.75, 3.05) is 0 Å². The van der Waals surface area contributed by atoms with Crippen LogP contribution in [0.3, 0.4) is 0 Å². The van der Waals surface area contributed by atoms with E-state index in [4.69, 9.17) is 0 Å². The number of fused-ring (bicyclic) bond motifs is 1. The van der Waals surface area contributed by atoms with E-state index in [1.807, 2.05) is 6.07 Å². The van der Waals surface area contributed by atoms with Crippen LogP contribution in [0.2, 0.25) is 0 Å². The number of aromatic amines is 1. The third kappa shape index (κ3) is 3.05. The number of non-ortho nitro benzene ring substituents is 1. The number of nitro benzene ring substituents is 1. The number of thioether (sulfide) groups is 1. The minimum absolute atomic E-state index is 0.0707. The van der Waals surface area contributed by atoms with Crippen LogP contribution in [0.1, 0.15) is 11.1 Å². The molecule has 5 nitrogen and oxygen atoms in total. The molecule has 3 rings (SSSR count). The number of imidazole rings is 1. The van der Waals surface area contributed by atoms with Crippen molar-refractivity contribution in [1.82, 2.24) is 9.97 Å². The number of nitrogens with one attached hydrogen (secondary N) is 1. The second-order valence-corrected chi connectivity index (χ2v) is 5.74. The van der Waals surface area contributed by atoms with Crippen molar-refractivity contribution in [3.8, 4) is 0 Å². The van der Waals surface area contributed by atoms with Gasteiger partial charge in [0.05, 0.1) is 16.0 Å². The molecule has 1 N–H and O–H groups in total. The van der Waals surface area contributed by atoms with Gasteiger partial charge >= 0.3 is 0 Å². The molecule has 0 aliphatic carbocycles. The predicted octanol–water partition coefficient (Wildman–Crippen LogP) is 4.07. The molecule has 0 amide bonds. The monoisotopic (exact) mass is 299 g/mol. The van der Waals surface area contributed by atoms with Gasteiger partial charge in [0.2, 0.25) is 0 Å². The van der Waals surface area contributed by atoms with Crippen LogP contribution >= 0.6 is 11.8 Å². The van der Waals surface area contributed by atoms with Crippen molar-refractivity contribution in [3.63, 3.8) is 0 Å². The zero-order valence-electron chi connectivity index (χ0n) is 11.4. The Morgan fingerprint density at radius 3 is 2.90 bits per heavy atom. The molecule has 2 aromatic carbocycles. The summed E-state index contributed by atoms with van der Waals surface area (Å²) in [4.78, 5) is 17.9. The standard InChI is InChI=1S/C15H13N3O2S/c1-10-3-2-4-11(7-10)9-21-15-16-13-6-5-12(18(19)20)8-14(13)17-15/h2-8H,9H2,1H3,(H,16,17). The minimum Gasteiger partial charge on any atom is -0.333 e. The highest BCUT2D eigenvalue weighted by Crippen LogP contribution is 2.25. The Labute approximate surface area is 125 Å². The fourth-order valence-corrected chi connectivity index (χ4v) is 2.94. The molecule has 21 heavy (non-hydrogen) atoms. The van der Waals surface area contributed by atoms with Gasteiger partial charge in [-0.05, 0) is 18.6 Å². The second-order valence-electron chi connectivity index (χ2n) is 4.78. The highest BCUT2D eigenvalue weighted by molar-refractivity contribution is 7.98. The fraction of sp³-hybridized carbons (Fsp3) is 0.133. The topological polar surface area (TPSA) is 71.8 Å². The Bertz CT molecular complexity index is 814. The van der Waals surface area contributed by atoms with Crippen molar-refractivity contribution in [3.05, 3.63) is 63.7 Å². The quantitative estimate of drug-likeness (QED) is 0.448. The zero-order valence-corrected chi connectivity index (χ0v) is 12.2. The van der Waals surface area contributed by atoms with Gasteiger partial charge in [-0.25, -0.2) is 4.98 Å². The van der Waals surface area contributed by atoms with Gasteiger partial charge in [-0.2, -0.15) is 0 Å². The van der Waals surface area contributed by atoms with Crippen LogP contribution in [0.25, 0.3) is 11.0 Å². The van der Waals surface area contributed by atoms with Gasteiger partial charge < -0.3 is 4.98 Å². The lowest BCUT2D eigenvalue weighted by atomic mass is 10.2. The van der Waals surface area contributed by atoms with E-state index < -0.39 is 4.92 Å². The summed E-state index contributed by atoms with van der Waals surface area (Å²) >= 11 is 1.59. The highest BCUT2D eigenvalue weighted by Gasteiger charge is 2.09. The van der Waals surface area contributed by atoms with Crippen LogP contribution in [0.5, 0.6) is 0 Å². The van der Waals surface area contributed by atoms with E-state index in [9.17, 15) is 10.1 Å². The SMILES string of the molecule is Cc1cccc(CSc2nc3ccc([N+](=O)[O-])cc3[nH]2)c1. The molecule has 3 aromatic rings. The number of H-pyrrole nitrogens is 1. The molecule has 0 atom stereocenters. The molecule has 0 unspecified atom stereocenters. The first kappa shape index (κ1) is 13.6. The van der Waals surface area contributed by atoms with E-state index in [2.05, 4.69) is 35.1 Å². The molecule has 6 heteroatoms. The van der Waals surface area contributed by atoms with E-state index >= 15 is 0 Å². The molecule has 0 bridgehead atoms. The zero-order chi connectivity index (χ0) is 14.8. The van der Waals surface area contributed by atoms with Crippen molar-refractivity contribution in [2.24, 2.45) is 0 Å². The summed E-state index contributed by atoms with van der Waals surface area (Å²) in [6.45, 7) is 2.06. The van der Waals surface area contributed by atoms with Crippen molar-refractivity contribution >= 4 is 28.5 Å². The summed E-state index contributed by atoms with van der Waals surface area (Å²) in [6.07, 6.45) is 0. The van der Waals surface area contributed by atoms with Gasteiger partial charge in [0.15, 0.2) is 5.16 Å². The van der Waals surface area contributed by atoms with Crippen molar-refractivity contribution in [2.45, 2.75) is 17.8 Å². The number of nitro groups is 1. The van der Waals surface area contributed by atoms with Gasteiger partial charge in [0.25, 0.3) is 5.69 Å². The Kier molecular flexibility index (Phi) is 3.62. The number of aromatic nitrogens is 2. The summed E-state index contributed by atoms with van der Waals surface area (Å²) < 4.78 is 0. The van der Waals surface area contributed by atoms with Crippen LogP contribution in [0.4, 0.5) is 5.69 Å². The molecular formula is C15H13N3O2S. The number of nitrogens with zero attached hydrogens (tertiary/aromatic N) is 2. The van der Waals surface area contributed by atoms with Crippen LogP contribution < -0.4 is 0 Å². The van der Waals surface area contributed by atoms with Gasteiger partial charge in [-0.15, -0.1) is 0 Å². The van der Waals surface area contributed by atoms with Crippen LogP contribution in [0, 0.1) is 17.0 Å². The molecule has 0 radical (unpaired) electrons. The number of aryl methyl sites for hydroxylation is 1. The molecule has 106 valence electrons. The van der Waals surface area contributed by atoms with E-state index in [1.165, 1.54) is 23.3 Å². The van der Waals surface area contributed by atoms with Crippen molar-refractivity contribution < 1.29 is 4.92 Å². The van der Waals surface area contributed by atoms with Crippen LogP contribution in [-0.4, -0.2) is 14.9 Å². The normalized spacial score (nSPS) is 10.9. The minimum atomic E-state index is -0.403. The average molecular weight is 299 g/mol. The maximum absolute atomic E-state index is 10.8. The molecule has 0 saturated heterocycles. The van der Waals surface area contributed by atoms with Gasteiger partial charge in [0.1, 0.15) is 0 Å². The number of benzene rings is 2. The Morgan fingerprint density at radius 1 is 1.29 bits per heavy atom. The first-order valence-corrected chi connectivity index (χ1v) is 7.43. The fourth-order valence-electron chi connectivity index (χ4n) is 2.11. The summed E-state index contributed by atoms with van der Waals surface area (Å²) in [7, 11) is 0. The van der Waals surface area contributed by atoms with Crippen LogP contribution in [0.15, 0.2) is 47.6 Å². The van der Waals surface area contributed by atoms with E-state index in [-0.39, 0.29) is 5.69 Å². The molecule has 1 aromatic heterocycles. The summed E-state index contributed by atoms with van der Waals surface area (Å²) in [5, 5.41) is 11.5. The van der Waals surface area contributed by atoms with Crippen LogP contribution in [-0.2, 0) is 5.75 Å². The third-order valence-corrected chi connectivity index (χ3v) is 4.06. The smallest absolute Gasteiger partial charge is 0.271 e. The lowest BCUT2D eigenvalue weighted by molar-refractivity contribution is -0.384. The van der Waals surface area contributed by atoms with E-state index in [0.29, 0.717) is 5.52 Å². The lowest BCUT2D eigenvalue weighted by Crippen LogP contribution is -1.86. The lowest BCUT2D eigenvalue weighted by Gasteiger charge is -2.00. The first-order valence-electron chi connectivity index (χ1n) is 6.44. The van der Waals surface area contributed by atoms with Crippen molar-refractivity contribution in [1.29, 1.82) is 0 Å². The number of hydrogen-bond donors (Lipinski definition) is 1. The molecule has 0 aliphatic rings. The molecular weight excluding hydrogens is 286 g/mol. The largest absolute Gasteiger partial charge is 0.333 e. The summed E-state index contributed by atoms with van der Waals surface area (Å²) in [5.41, 5.74) is 3.96. The van der Waals surface area contributed by atoms with Gasteiger partial charge in [-0.1, -0.05) is 41.6 Å². The number of hydrogen-bond acceptors (Lipinski definition) is 4. The number of rotatable bonds is 4. The Balaban J connectivity index is 1.80. The molecule has 0 spiro atoms. The second kappa shape index (κ2) is 5.57. The Hall–Kier alpha value is -2.34. The molecule has 1 heterocycles. The highest BCUT2D eigenvalue weighted by atomic mass is 32.2. The summed E-state index contributed by atoms with van der Waals surface area (Å²) in [5.74, 6) is 0.809.